The van der Waals surface area contributed by atoms with Crippen LogP contribution in [0.15, 0.2) is 0 Å². The summed E-state index contributed by atoms with van der Waals surface area (Å²) in [6, 6.07) is 0. The molecule has 1 amide bonds. The Morgan fingerprint density at radius 2 is 1.68 bits per heavy atom. The van der Waals surface area contributed by atoms with Gasteiger partial charge >= 0.3 is 5.97 Å². The molecule has 22 heavy (non-hydrogen) atoms. The SMILES string of the molecule is COC(=O)CCN(CCC(=O)N1CCN(C)CC1)CC(C)C. The van der Waals surface area contributed by atoms with Gasteiger partial charge in [0.05, 0.1) is 13.5 Å². The number of amides is 1. The summed E-state index contributed by atoms with van der Waals surface area (Å²) >= 11 is 0. The van der Waals surface area contributed by atoms with E-state index in [2.05, 4.69) is 30.7 Å². The number of rotatable bonds is 8. The molecule has 1 aliphatic heterocycles. The molecular formula is C16H31N3O3. The van der Waals surface area contributed by atoms with Crippen molar-refractivity contribution in [1.82, 2.24) is 14.7 Å². The first-order chi connectivity index (χ1) is 10.4. The summed E-state index contributed by atoms with van der Waals surface area (Å²) in [6.45, 7) is 10.1. The Hall–Kier alpha value is -1.14. The second-order valence-electron chi connectivity index (χ2n) is 6.45. The maximum atomic E-state index is 12.3. The van der Waals surface area contributed by atoms with Gasteiger partial charge in [-0.25, -0.2) is 0 Å². The lowest BCUT2D eigenvalue weighted by molar-refractivity contribution is -0.141. The minimum absolute atomic E-state index is 0.195. The summed E-state index contributed by atoms with van der Waals surface area (Å²) in [5.74, 6) is 0.537. The Kier molecular flexibility index (Phi) is 8.42. The zero-order chi connectivity index (χ0) is 16.5. The molecule has 0 unspecified atom stereocenters. The fraction of sp³-hybridized carbons (Fsp3) is 0.875. The lowest BCUT2D eigenvalue weighted by Gasteiger charge is -2.33. The molecule has 0 aliphatic carbocycles. The maximum absolute atomic E-state index is 12.3. The Morgan fingerprint density at radius 3 is 2.23 bits per heavy atom. The van der Waals surface area contributed by atoms with Gasteiger partial charge < -0.3 is 19.4 Å². The third kappa shape index (κ3) is 7.22. The molecule has 0 saturated carbocycles. The number of methoxy groups -OCH3 is 1. The molecule has 0 atom stereocenters. The number of likely N-dealkylation sites (N-methyl/N-ethyl adjacent to an activating group) is 1. The lowest BCUT2D eigenvalue weighted by atomic mass is 10.2. The molecule has 0 bridgehead atoms. The van der Waals surface area contributed by atoms with Crippen LogP contribution in [0.4, 0.5) is 0 Å². The molecule has 1 aliphatic rings. The first-order valence-electron chi connectivity index (χ1n) is 8.18. The van der Waals surface area contributed by atoms with Crippen molar-refractivity contribution in [2.45, 2.75) is 26.7 Å². The third-order valence-electron chi connectivity index (χ3n) is 3.98. The van der Waals surface area contributed by atoms with Crippen molar-refractivity contribution in [3.8, 4) is 0 Å². The zero-order valence-corrected chi connectivity index (χ0v) is 14.5. The number of hydrogen-bond donors (Lipinski definition) is 0. The number of nitrogens with zero attached hydrogens (tertiary/aromatic N) is 3. The van der Waals surface area contributed by atoms with Crippen LogP contribution in [0.25, 0.3) is 0 Å². The van der Waals surface area contributed by atoms with Gasteiger partial charge in [0.15, 0.2) is 0 Å². The average molecular weight is 313 g/mol. The fourth-order valence-corrected chi connectivity index (χ4v) is 2.63. The Labute approximate surface area is 134 Å². The van der Waals surface area contributed by atoms with Crippen molar-refractivity contribution < 1.29 is 14.3 Å². The monoisotopic (exact) mass is 313 g/mol. The quantitative estimate of drug-likeness (QED) is 0.617. The highest BCUT2D eigenvalue weighted by Crippen LogP contribution is 2.06. The van der Waals surface area contributed by atoms with E-state index in [4.69, 9.17) is 4.74 Å². The normalized spacial score (nSPS) is 16.4. The second kappa shape index (κ2) is 9.79. The van der Waals surface area contributed by atoms with Crippen LogP contribution in [0, 0.1) is 5.92 Å². The van der Waals surface area contributed by atoms with Crippen molar-refractivity contribution in [3.05, 3.63) is 0 Å². The molecule has 0 N–H and O–H groups in total. The largest absolute Gasteiger partial charge is 0.469 e. The fourth-order valence-electron chi connectivity index (χ4n) is 2.63. The van der Waals surface area contributed by atoms with E-state index in [9.17, 15) is 9.59 Å². The van der Waals surface area contributed by atoms with E-state index >= 15 is 0 Å². The summed E-state index contributed by atoms with van der Waals surface area (Å²) in [7, 11) is 3.49. The van der Waals surface area contributed by atoms with Crippen molar-refractivity contribution in [2.75, 3.05) is 60.0 Å². The molecule has 0 aromatic rings. The standard InChI is InChI=1S/C16H31N3O3/c1-14(2)13-18(8-6-16(21)22-4)7-5-15(20)19-11-9-17(3)10-12-19/h14H,5-13H2,1-4H3. The molecule has 1 heterocycles. The summed E-state index contributed by atoms with van der Waals surface area (Å²) in [5.41, 5.74) is 0. The molecule has 0 aromatic heterocycles. The Balaban J connectivity index is 2.37. The van der Waals surface area contributed by atoms with Gasteiger partial charge in [-0.1, -0.05) is 13.8 Å². The van der Waals surface area contributed by atoms with E-state index in [0.29, 0.717) is 31.8 Å². The molecule has 128 valence electrons. The van der Waals surface area contributed by atoms with Crippen molar-refractivity contribution >= 4 is 11.9 Å². The number of hydrogen-bond acceptors (Lipinski definition) is 5. The zero-order valence-electron chi connectivity index (χ0n) is 14.5. The van der Waals surface area contributed by atoms with Gasteiger partial charge in [-0.15, -0.1) is 0 Å². The minimum Gasteiger partial charge on any atom is -0.469 e. The van der Waals surface area contributed by atoms with Gasteiger partial charge in [-0.2, -0.15) is 0 Å². The van der Waals surface area contributed by atoms with Crippen LogP contribution in [0.2, 0.25) is 0 Å². The van der Waals surface area contributed by atoms with E-state index in [1.807, 2.05) is 4.90 Å². The number of carbonyl (C=O) groups is 2. The lowest BCUT2D eigenvalue weighted by Crippen LogP contribution is -2.47. The van der Waals surface area contributed by atoms with Crippen molar-refractivity contribution in [3.63, 3.8) is 0 Å². The Bertz CT molecular complexity index is 353. The van der Waals surface area contributed by atoms with Crippen molar-refractivity contribution in [2.24, 2.45) is 5.92 Å². The maximum Gasteiger partial charge on any atom is 0.306 e. The average Bonchev–Trinajstić information content (AvgIpc) is 2.49. The Morgan fingerprint density at radius 1 is 1.09 bits per heavy atom. The van der Waals surface area contributed by atoms with Crippen LogP contribution in [-0.2, 0) is 14.3 Å². The topological polar surface area (TPSA) is 53.1 Å². The minimum atomic E-state index is -0.195. The molecule has 1 rings (SSSR count). The molecule has 1 fully saturated rings. The molecule has 0 radical (unpaired) electrons. The number of piperazine rings is 1. The van der Waals surface area contributed by atoms with Gasteiger partial charge in [-0.3, -0.25) is 9.59 Å². The van der Waals surface area contributed by atoms with Gasteiger partial charge in [0.2, 0.25) is 5.91 Å². The highest BCUT2D eigenvalue weighted by atomic mass is 16.5. The summed E-state index contributed by atoms with van der Waals surface area (Å²) < 4.78 is 4.69. The second-order valence-corrected chi connectivity index (χ2v) is 6.45. The molecule has 0 spiro atoms. The predicted molar refractivity (Wildman–Crippen MR) is 86.6 cm³/mol. The summed E-state index contributed by atoms with van der Waals surface area (Å²) in [5, 5.41) is 0. The van der Waals surface area contributed by atoms with Crippen LogP contribution < -0.4 is 0 Å². The van der Waals surface area contributed by atoms with E-state index in [1.54, 1.807) is 0 Å². The van der Waals surface area contributed by atoms with Gasteiger partial charge in [0.25, 0.3) is 0 Å². The number of ether oxygens (including phenoxy) is 1. The highest BCUT2D eigenvalue weighted by Gasteiger charge is 2.20. The van der Waals surface area contributed by atoms with Crippen LogP contribution in [-0.4, -0.2) is 86.5 Å². The predicted octanol–water partition coefficient (Wildman–Crippen LogP) is 0.672. The van der Waals surface area contributed by atoms with Crippen LogP contribution in [0.1, 0.15) is 26.7 Å². The molecule has 0 aromatic carbocycles. The van der Waals surface area contributed by atoms with Crippen LogP contribution >= 0.6 is 0 Å². The molecular weight excluding hydrogens is 282 g/mol. The van der Waals surface area contributed by atoms with Gasteiger partial charge in [0.1, 0.15) is 0 Å². The summed E-state index contributed by atoms with van der Waals surface area (Å²) in [6.07, 6.45) is 0.906. The first-order valence-corrected chi connectivity index (χ1v) is 8.18. The molecule has 6 nitrogen and oxygen atoms in total. The van der Waals surface area contributed by atoms with E-state index < -0.39 is 0 Å². The molecule has 6 heteroatoms. The van der Waals surface area contributed by atoms with E-state index in [-0.39, 0.29) is 11.9 Å². The van der Waals surface area contributed by atoms with Crippen molar-refractivity contribution in [1.29, 1.82) is 0 Å². The first kappa shape index (κ1) is 18.9. The van der Waals surface area contributed by atoms with Crippen LogP contribution in [0.3, 0.4) is 0 Å². The van der Waals surface area contributed by atoms with Crippen LogP contribution in [0.5, 0.6) is 0 Å². The summed E-state index contributed by atoms with van der Waals surface area (Å²) in [4.78, 5) is 30.0. The number of esters is 1. The van der Waals surface area contributed by atoms with E-state index in [1.165, 1.54) is 7.11 Å². The molecule has 1 saturated heterocycles. The third-order valence-corrected chi connectivity index (χ3v) is 3.98. The van der Waals surface area contributed by atoms with Gasteiger partial charge in [-0.05, 0) is 13.0 Å². The smallest absolute Gasteiger partial charge is 0.306 e. The van der Waals surface area contributed by atoms with E-state index in [0.717, 1.165) is 32.7 Å². The number of carbonyl (C=O) groups excluding carboxylic acids is 2. The highest BCUT2D eigenvalue weighted by molar-refractivity contribution is 5.76. The van der Waals surface area contributed by atoms with Gasteiger partial charge in [0, 0.05) is 52.2 Å².